The van der Waals surface area contributed by atoms with Gasteiger partial charge in [-0.3, -0.25) is 0 Å². The van der Waals surface area contributed by atoms with Crippen molar-refractivity contribution < 1.29 is 8.42 Å². The van der Waals surface area contributed by atoms with Gasteiger partial charge in [0.25, 0.3) is 0 Å². The highest BCUT2D eigenvalue weighted by Gasteiger charge is 2.25. The molecule has 0 fully saturated rings. The number of aromatic nitrogens is 2. The van der Waals surface area contributed by atoms with Gasteiger partial charge in [-0.25, -0.2) is 13.4 Å². The van der Waals surface area contributed by atoms with Crippen LogP contribution in [0.1, 0.15) is 46.5 Å². The fraction of sp³-hybridized carbons (Fsp3) is 0.157. The summed E-state index contributed by atoms with van der Waals surface area (Å²) in [5, 5.41) is 11.4. The average molecular weight is 852 g/mol. The highest BCUT2D eigenvalue weighted by molar-refractivity contribution is 7.89. The lowest BCUT2D eigenvalue weighted by Crippen LogP contribution is -2.32. The van der Waals surface area contributed by atoms with E-state index in [1.807, 2.05) is 54.6 Å². The second-order valence-electron chi connectivity index (χ2n) is 15.0. The molecule has 9 heteroatoms. The van der Waals surface area contributed by atoms with Crippen molar-refractivity contribution in [2.75, 3.05) is 12.3 Å². The summed E-state index contributed by atoms with van der Waals surface area (Å²) in [5.41, 5.74) is 9.18. The fourth-order valence-electron chi connectivity index (χ4n) is 8.46. The Balaban J connectivity index is 0.000000227. The lowest BCUT2D eigenvalue weighted by molar-refractivity contribution is 0.442. The van der Waals surface area contributed by atoms with Crippen molar-refractivity contribution in [3.8, 4) is 11.1 Å². The zero-order valence-corrected chi connectivity index (χ0v) is 35.7. The number of rotatable bonds is 8. The monoisotopic (exact) mass is 850 g/mol. The van der Waals surface area contributed by atoms with Crippen LogP contribution in [0.3, 0.4) is 0 Å². The van der Waals surface area contributed by atoms with Crippen LogP contribution in [0.25, 0.3) is 45.8 Å². The highest BCUT2D eigenvalue weighted by atomic mass is 35.5. The molecule has 0 unspecified atom stereocenters. The maximum Gasteiger partial charge on any atom is 0.218 e. The molecule has 0 atom stereocenters. The Kier molecular flexibility index (Phi) is 13.5. The van der Waals surface area contributed by atoms with Gasteiger partial charge in [-0.2, -0.15) is 4.31 Å². The molecule has 10 rings (SSSR count). The number of sulfonamides is 1. The molecule has 6 aromatic carbocycles. The summed E-state index contributed by atoms with van der Waals surface area (Å²) in [4.78, 5) is 7.42. The van der Waals surface area contributed by atoms with Crippen LogP contribution < -0.4 is 15.8 Å². The van der Waals surface area contributed by atoms with E-state index < -0.39 is 10.0 Å². The first-order valence-electron chi connectivity index (χ1n) is 20.1. The summed E-state index contributed by atoms with van der Waals surface area (Å²) in [6.07, 6.45) is 18.8. The first-order chi connectivity index (χ1) is 28.5. The third-order valence-corrected chi connectivity index (χ3v) is 13.1. The van der Waals surface area contributed by atoms with Gasteiger partial charge in [-0.05, 0) is 103 Å². The third kappa shape index (κ3) is 9.20. The molecule has 2 N–H and O–H groups in total. The Morgan fingerprint density at radius 2 is 1.57 bits per heavy atom. The maximum atomic E-state index is 13.6. The fourth-order valence-corrected chi connectivity index (χ4v) is 9.65. The van der Waals surface area contributed by atoms with E-state index in [1.165, 1.54) is 40.1 Å². The van der Waals surface area contributed by atoms with Gasteiger partial charge in [0.1, 0.15) is 5.82 Å². The number of H-pyrrole nitrogens is 1. The molecule has 1 aromatic heterocycles. The van der Waals surface area contributed by atoms with Crippen molar-refractivity contribution in [1.82, 2.24) is 19.6 Å². The smallest absolute Gasteiger partial charge is 0.218 e. The molecule has 0 saturated carbocycles. The third-order valence-electron chi connectivity index (χ3n) is 11.4. The van der Waals surface area contributed by atoms with Gasteiger partial charge in [0.2, 0.25) is 10.0 Å². The van der Waals surface area contributed by atoms with E-state index in [0.29, 0.717) is 13.1 Å². The van der Waals surface area contributed by atoms with Crippen LogP contribution in [0.2, 0.25) is 0 Å². The molecule has 0 radical (unpaired) electrons. The largest absolute Gasteiger partial charge is 0.378 e. The van der Waals surface area contributed by atoms with E-state index in [1.54, 1.807) is 33.9 Å². The number of hydrogen-bond acceptors (Lipinski definition) is 4. The Labute approximate surface area is 364 Å². The SMILES string of the molecule is C1=c2ccc3c(c2CCC1)CC=c1ccccc1=3.Cl.Cl.O=S(=O)(CC=Cc1cccc2ccccc12)N1CC=C(NCc2ncc[nH]2)c2ccc(-c3ccccc3)cc2C1. The van der Waals surface area contributed by atoms with E-state index in [4.69, 9.17) is 0 Å². The summed E-state index contributed by atoms with van der Waals surface area (Å²) in [5.74, 6) is 0.739. The standard InChI is InChI=1S/C33H30N4O2S.C18H16.2ClH/c38-40(39,21-7-13-27-12-6-11-26-10-4-5-14-30(26)27)37-20-17-32(36-23-33-34-18-19-35-33)31-16-15-28(22-29(31)24-37)25-8-2-1-3-9-25;1-3-7-15-13(5-1)9-11-18-16-8-4-2-6-14(16)10-12-17(15)18;;/h1-19,22,36H,20-21,23-24H2,(H,34,35);1,3,5-7,9-10,12H,2,4,8,11H2;2*1H. The number of halogens is 2. The lowest BCUT2D eigenvalue weighted by atomic mass is 9.89. The van der Waals surface area contributed by atoms with Crippen molar-refractivity contribution in [3.05, 3.63) is 206 Å². The van der Waals surface area contributed by atoms with Gasteiger partial charge < -0.3 is 10.3 Å². The predicted molar refractivity (Wildman–Crippen MR) is 252 cm³/mol. The van der Waals surface area contributed by atoms with Gasteiger partial charge in [0, 0.05) is 36.7 Å². The molecule has 6 nitrogen and oxygen atoms in total. The van der Waals surface area contributed by atoms with Crippen LogP contribution in [0.5, 0.6) is 0 Å². The lowest BCUT2D eigenvalue weighted by Gasteiger charge is -2.20. The van der Waals surface area contributed by atoms with Crippen molar-refractivity contribution in [2.45, 2.75) is 38.8 Å². The quantitative estimate of drug-likeness (QED) is 0.160. The summed E-state index contributed by atoms with van der Waals surface area (Å²) < 4.78 is 28.8. The molecule has 304 valence electrons. The van der Waals surface area contributed by atoms with Crippen LogP contribution in [0.15, 0.2) is 152 Å². The molecule has 60 heavy (non-hydrogen) atoms. The van der Waals surface area contributed by atoms with Crippen LogP contribution in [-0.4, -0.2) is 35.0 Å². The van der Waals surface area contributed by atoms with Crippen molar-refractivity contribution >= 4 is 69.5 Å². The Morgan fingerprint density at radius 1 is 0.750 bits per heavy atom. The first-order valence-corrected chi connectivity index (χ1v) is 21.7. The molecule has 0 spiro atoms. The van der Waals surface area contributed by atoms with E-state index in [0.717, 1.165) is 56.5 Å². The Bertz CT molecular complexity index is 3020. The average Bonchev–Trinajstić information content (AvgIpc) is 3.73. The topological polar surface area (TPSA) is 78.1 Å². The number of hydrogen-bond donors (Lipinski definition) is 2. The molecular weight excluding hydrogens is 804 g/mol. The maximum absolute atomic E-state index is 13.6. The number of nitrogens with zero attached hydrogens (tertiary/aromatic N) is 2. The summed E-state index contributed by atoms with van der Waals surface area (Å²) >= 11 is 0. The Morgan fingerprint density at radius 3 is 2.43 bits per heavy atom. The molecule has 2 aliphatic carbocycles. The van der Waals surface area contributed by atoms with E-state index in [-0.39, 0.29) is 37.1 Å². The Hall–Kier alpha value is -5.70. The summed E-state index contributed by atoms with van der Waals surface area (Å²) in [6.45, 7) is 1.09. The van der Waals surface area contributed by atoms with Crippen molar-refractivity contribution in [2.24, 2.45) is 0 Å². The van der Waals surface area contributed by atoms with Crippen molar-refractivity contribution in [1.29, 1.82) is 0 Å². The van der Waals surface area contributed by atoms with Gasteiger partial charge in [0.15, 0.2) is 0 Å². The van der Waals surface area contributed by atoms with Gasteiger partial charge in [0.05, 0.1) is 12.3 Å². The summed E-state index contributed by atoms with van der Waals surface area (Å²) in [6, 6.07) is 44.0. The van der Waals surface area contributed by atoms with E-state index >= 15 is 0 Å². The predicted octanol–water partition coefficient (Wildman–Crippen LogP) is 9.49. The van der Waals surface area contributed by atoms with E-state index in [2.05, 4.69) is 112 Å². The molecular formula is C51H48Cl2N4O2S. The number of fused-ring (bicyclic) bond motifs is 6. The number of benzene rings is 6. The molecule has 0 amide bonds. The second-order valence-corrected chi connectivity index (χ2v) is 17.1. The minimum atomic E-state index is -3.58. The summed E-state index contributed by atoms with van der Waals surface area (Å²) in [7, 11) is -3.58. The molecule has 3 aliphatic rings. The number of nitrogens with one attached hydrogen (secondary N) is 2. The van der Waals surface area contributed by atoms with Crippen LogP contribution in [0.4, 0.5) is 0 Å². The van der Waals surface area contributed by atoms with Gasteiger partial charge in [-0.15, -0.1) is 24.8 Å². The second kappa shape index (κ2) is 19.1. The molecule has 2 heterocycles. The highest BCUT2D eigenvalue weighted by Crippen LogP contribution is 2.30. The molecule has 0 bridgehead atoms. The molecule has 0 saturated heterocycles. The minimum Gasteiger partial charge on any atom is -0.378 e. The zero-order valence-electron chi connectivity index (χ0n) is 33.3. The number of imidazole rings is 1. The normalized spacial score (nSPS) is 14.2. The zero-order chi connectivity index (χ0) is 39.3. The van der Waals surface area contributed by atoms with Gasteiger partial charge in [-0.1, -0.05) is 146 Å². The van der Waals surface area contributed by atoms with Crippen molar-refractivity contribution in [3.63, 3.8) is 0 Å². The molecule has 1 aliphatic heterocycles. The first kappa shape index (κ1) is 42.4. The van der Waals surface area contributed by atoms with Crippen LogP contribution >= 0.6 is 24.8 Å². The van der Waals surface area contributed by atoms with Crippen LogP contribution in [0, 0.1) is 10.4 Å². The van der Waals surface area contributed by atoms with Crippen LogP contribution in [-0.2, 0) is 36.0 Å². The number of aromatic amines is 1. The minimum absolute atomic E-state index is 0. The van der Waals surface area contributed by atoms with Gasteiger partial charge >= 0.3 is 0 Å². The molecule has 7 aromatic rings. The van der Waals surface area contributed by atoms with E-state index in [9.17, 15) is 8.42 Å².